The summed E-state index contributed by atoms with van der Waals surface area (Å²) in [5.41, 5.74) is 1.35. The predicted molar refractivity (Wildman–Crippen MR) is 72.5 cm³/mol. The molecule has 4 nitrogen and oxygen atoms in total. The first-order valence-corrected chi connectivity index (χ1v) is 7.18. The van der Waals surface area contributed by atoms with Crippen LogP contribution in [-0.2, 0) is 6.54 Å². The summed E-state index contributed by atoms with van der Waals surface area (Å²) in [6.07, 6.45) is 9.19. The topological polar surface area (TPSA) is 33.1 Å². The van der Waals surface area contributed by atoms with Crippen LogP contribution in [0.2, 0.25) is 0 Å². The van der Waals surface area contributed by atoms with Crippen molar-refractivity contribution in [2.24, 2.45) is 0 Å². The fraction of sp³-hybridized carbons (Fsp3) is 0.786. The zero-order chi connectivity index (χ0) is 12.5. The SMILES string of the molecule is CC1CC(NCc2cncn2C2CC2)CCN1C. The van der Waals surface area contributed by atoms with Gasteiger partial charge in [-0.3, -0.25) is 0 Å². The van der Waals surface area contributed by atoms with E-state index in [1.165, 1.54) is 37.9 Å². The van der Waals surface area contributed by atoms with Crippen LogP contribution >= 0.6 is 0 Å². The molecule has 1 saturated carbocycles. The fourth-order valence-electron chi connectivity index (χ4n) is 2.87. The quantitative estimate of drug-likeness (QED) is 0.882. The van der Waals surface area contributed by atoms with Crippen LogP contribution in [0.3, 0.4) is 0 Å². The van der Waals surface area contributed by atoms with Crippen molar-refractivity contribution in [1.82, 2.24) is 19.8 Å². The number of imidazole rings is 1. The molecule has 1 aromatic heterocycles. The van der Waals surface area contributed by atoms with E-state index in [1.807, 2.05) is 12.5 Å². The van der Waals surface area contributed by atoms with Crippen LogP contribution in [0.5, 0.6) is 0 Å². The van der Waals surface area contributed by atoms with Gasteiger partial charge in [0, 0.05) is 30.9 Å². The molecule has 2 heterocycles. The van der Waals surface area contributed by atoms with Crippen LogP contribution in [0.25, 0.3) is 0 Å². The zero-order valence-corrected chi connectivity index (χ0v) is 11.5. The second-order valence-electron chi connectivity index (χ2n) is 5.96. The van der Waals surface area contributed by atoms with Crippen LogP contribution in [0.1, 0.15) is 44.3 Å². The Morgan fingerprint density at radius 1 is 1.39 bits per heavy atom. The van der Waals surface area contributed by atoms with E-state index in [2.05, 4.69) is 33.7 Å². The molecule has 2 atom stereocenters. The Hall–Kier alpha value is -0.870. The summed E-state index contributed by atoms with van der Waals surface area (Å²) in [5, 5.41) is 3.71. The molecule has 0 aromatic carbocycles. The highest BCUT2D eigenvalue weighted by molar-refractivity contribution is 5.03. The largest absolute Gasteiger partial charge is 0.330 e. The van der Waals surface area contributed by atoms with Gasteiger partial charge in [-0.15, -0.1) is 0 Å². The highest BCUT2D eigenvalue weighted by atomic mass is 15.2. The average Bonchev–Trinajstić information content (AvgIpc) is 3.10. The molecule has 2 unspecified atom stereocenters. The Morgan fingerprint density at radius 3 is 2.94 bits per heavy atom. The third kappa shape index (κ3) is 2.59. The summed E-state index contributed by atoms with van der Waals surface area (Å²) in [7, 11) is 2.23. The highest BCUT2D eigenvalue weighted by Gasteiger charge is 2.26. The Balaban J connectivity index is 1.53. The number of rotatable bonds is 4. The van der Waals surface area contributed by atoms with Gasteiger partial charge >= 0.3 is 0 Å². The van der Waals surface area contributed by atoms with Gasteiger partial charge in [-0.2, -0.15) is 0 Å². The van der Waals surface area contributed by atoms with E-state index in [4.69, 9.17) is 0 Å². The molecule has 1 N–H and O–H groups in total. The molecule has 18 heavy (non-hydrogen) atoms. The molecule has 4 heteroatoms. The Morgan fingerprint density at radius 2 is 2.22 bits per heavy atom. The normalized spacial score (nSPS) is 29.7. The van der Waals surface area contributed by atoms with E-state index in [1.54, 1.807) is 0 Å². The van der Waals surface area contributed by atoms with Crippen molar-refractivity contribution in [1.29, 1.82) is 0 Å². The summed E-state index contributed by atoms with van der Waals surface area (Å²) < 4.78 is 2.35. The Kier molecular flexibility index (Phi) is 3.39. The summed E-state index contributed by atoms with van der Waals surface area (Å²) in [5.74, 6) is 0. The van der Waals surface area contributed by atoms with Crippen molar-refractivity contribution in [3.8, 4) is 0 Å². The van der Waals surface area contributed by atoms with Gasteiger partial charge in [0.1, 0.15) is 0 Å². The standard InChI is InChI=1S/C14H24N4/c1-11-7-12(5-6-17(11)2)16-9-14-8-15-10-18(14)13-3-4-13/h8,10-13,16H,3-7,9H2,1-2H3. The first-order chi connectivity index (χ1) is 8.74. The van der Waals surface area contributed by atoms with Crippen molar-refractivity contribution in [2.75, 3.05) is 13.6 Å². The van der Waals surface area contributed by atoms with E-state index < -0.39 is 0 Å². The van der Waals surface area contributed by atoms with Gasteiger partial charge in [0.05, 0.1) is 12.0 Å². The summed E-state index contributed by atoms with van der Waals surface area (Å²) in [6.45, 7) is 4.50. The number of hydrogen-bond donors (Lipinski definition) is 1. The Labute approximate surface area is 109 Å². The molecular formula is C14H24N4. The first kappa shape index (κ1) is 12.2. The second kappa shape index (κ2) is 5.02. The molecule has 2 aliphatic rings. The third-order valence-corrected chi connectivity index (χ3v) is 4.47. The molecule has 2 fully saturated rings. The minimum Gasteiger partial charge on any atom is -0.330 e. The smallest absolute Gasteiger partial charge is 0.0951 e. The van der Waals surface area contributed by atoms with Gasteiger partial charge < -0.3 is 14.8 Å². The van der Waals surface area contributed by atoms with Crippen molar-refractivity contribution >= 4 is 0 Å². The van der Waals surface area contributed by atoms with Gasteiger partial charge in [0.15, 0.2) is 0 Å². The lowest BCUT2D eigenvalue weighted by Crippen LogP contribution is -2.45. The molecule has 1 aromatic rings. The molecule has 0 bridgehead atoms. The lowest BCUT2D eigenvalue weighted by molar-refractivity contribution is 0.167. The third-order valence-electron chi connectivity index (χ3n) is 4.47. The molecule has 1 saturated heterocycles. The molecule has 0 spiro atoms. The zero-order valence-electron chi connectivity index (χ0n) is 11.5. The van der Waals surface area contributed by atoms with Crippen LogP contribution < -0.4 is 5.32 Å². The minimum atomic E-state index is 0.666. The van der Waals surface area contributed by atoms with E-state index in [0.717, 1.165) is 12.6 Å². The van der Waals surface area contributed by atoms with Crippen molar-refractivity contribution in [3.05, 3.63) is 18.2 Å². The van der Waals surface area contributed by atoms with E-state index in [9.17, 15) is 0 Å². The van der Waals surface area contributed by atoms with Crippen molar-refractivity contribution in [3.63, 3.8) is 0 Å². The minimum absolute atomic E-state index is 0.666. The Bertz CT molecular complexity index is 396. The molecule has 1 aliphatic carbocycles. The van der Waals surface area contributed by atoms with Gasteiger partial charge in [-0.05, 0) is 46.2 Å². The van der Waals surface area contributed by atoms with Gasteiger partial charge in [0.25, 0.3) is 0 Å². The van der Waals surface area contributed by atoms with Gasteiger partial charge in [-0.25, -0.2) is 4.98 Å². The molecule has 100 valence electrons. The predicted octanol–water partition coefficient (Wildman–Crippen LogP) is 1.79. The number of piperidine rings is 1. The molecule has 3 rings (SSSR count). The maximum absolute atomic E-state index is 4.29. The van der Waals surface area contributed by atoms with Crippen LogP contribution in [0.4, 0.5) is 0 Å². The maximum atomic E-state index is 4.29. The molecule has 0 amide bonds. The number of aromatic nitrogens is 2. The number of nitrogens with one attached hydrogen (secondary N) is 1. The van der Waals surface area contributed by atoms with Crippen LogP contribution in [-0.4, -0.2) is 40.1 Å². The maximum Gasteiger partial charge on any atom is 0.0951 e. The van der Waals surface area contributed by atoms with Gasteiger partial charge in [-0.1, -0.05) is 0 Å². The van der Waals surface area contributed by atoms with Crippen molar-refractivity contribution < 1.29 is 0 Å². The summed E-state index contributed by atoms with van der Waals surface area (Å²) in [4.78, 5) is 6.74. The average molecular weight is 248 g/mol. The van der Waals surface area contributed by atoms with E-state index in [-0.39, 0.29) is 0 Å². The van der Waals surface area contributed by atoms with Gasteiger partial charge in [0.2, 0.25) is 0 Å². The van der Waals surface area contributed by atoms with E-state index >= 15 is 0 Å². The summed E-state index contributed by atoms with van der Waals surface area (Å²) >= 11 is 0. The first-order valence-electron chi connectivity index (χ1n) is 7.18. The molecular weight excluding hydrogens is 224 g/mol. The van der Waals surface area contributed by atoms with Crippen molar-refractivity contribution in [2.45, 2.75) is 57.3 Å². The monoisotopic (exact) mass is 248 g/mol. The lowest BCUT2D eigenvalue weighted by Gasteiger charge is -2.35. The molecule has 0 radical (unpaired) electrons. The lowest BCUT2D eigenvalue weighted by atomic mass is 9.99. The second-order valence-corrected chi connectivity index (χ2v) is 5.96. The number of hydrogen-bond acceptors (Lipinski definition) is 3. The number of nitrogens with zero attached hydrogens (tertiary/aromatic N) is 3. The van der Waals surface area contributed by atoms with Crippen LogP contribution in [0.15, 0.2) is 12.5 Å². The van der Waals surface area contributed by atoms with E-state index in [0.29, 0.717) is 12.1 Å². The fourth-order valence-corrected chi connectivity index (χ4v) is 2.87. The molecule has 1 aliphatic heterocycles. The highest BCUT2D eigenvalue weighted by Crippen LogP contribution is 2.35. The number of likely N-dealkylation sites (tertiary alicyclic amines) is 1. The summed E-state index contributed by atoms with van der Waals surface area (Å²) in [6, 6.07) is 2.10. The van der Waals surface area contributed by atoms with Crippen LogP contribution in [0, 0.1) is 0 Å².